The third-order valence-corrected chi connectivity index (χ3v) is 4.05. The zero-order chi connectivity index (χ0) is 13.1. The first-order valence-electron chi connectivity index (χ1n) is 6.11. The summed E-state index contributed by atoms with van der Waals surface area (Å²) in [7, 11) is 0. The molecule has 0 bridgehead atoms. The van der Waals surface area contributed by atoms with Crippen molar-refractivity contribution in [3.05, 3.63) is 28.3 Å². The maximum atomic E-state index is 9.07. The Morgan fingerprint density at radius 2 is 2.17 bits per heavy atom. The van der Waals surface area contributed by atoms with Crippen molar-refractivity contribution < 1.29 is 4.42 Å². The fourth-order valence-corrected chi connectivity index (χ4v) is 2.98. The Morgan fingerprint density at radius 1 is 1.39 bits per heavy atom. The van der Waals surface area contributed by atoms with Crippen LogP contribution in [0, 0.1) is 11.3 Å². The lowest BCUT2D eigenvalue weighted by molar-refractivity contribution is 0.530. The first-order chi connectivity index (χ1) is 8.71. The minimum Gasteiger partial charge on any atom is -0.460 e. The molecule has 0 aliphatic rings. The Kier molecular flexibility index (Phi) is 3.73. The highest BCUT2D eigenvalue weighted by molar-refractivity contribution is 7.16. The fraction of sp³-hybridized carbons (Fsp3) is 0.357. The van der Waals surface area contributed by atoms with Gasteiger partial charge in [-0.15, -0.1) is 11.3 Å². The van der Waals surface area contributed by atoms with Gasteiger partial charge in [0.25, 0.3) is 0 Å². The molecule has 0 unspecified atom stereocenters. The van der Waals surface area contributed by atoms with E-state index in [1.165, 1.54) is 11.3 Å². The van der Waals surface area contributed by atoms with E-state index in [0.29, 0.717) is 10.6 Å². The minimum absolute atomic E-state index is 0.586. The van der Waals surface area contributed by atoms with Gasteiger partial charge in [-0.25, -0.2) is 0 Å². The van der Waals surface area contributed by atoms with Crippen LogP contribution in [0.1, 0.15) is 36.5 Å². The molecular weight excluding hydrogens is 244 g/mol. The largest absolute Gasteiger partial charge is 0.460 e. The molecule has 0 fully saturated rings. The zero-order valence-corrected chi connectivity index (χ0v) is 11.4. The van der Waals surface area contributed by atoms with Crippen LogP contribution in [0.5, 0.6) is 0 Å². The van der Waals surface area contributed by atoms with Crippen molar-refractivity contribution in [2.24, 2.45) is 0 Å². The lowest BCUT2D eigenvalue weighted by atomic mass is 10.1. The summed E-state index contributed by atoms with van der Waals surface area (Å²) in [6.07, 6.45) is 2.75. The van der Waals surface area contributed by atoms with Gasteiger partial charge in [-0.3, -0.25) is 0 Å². The Morgan fingerprint density at radius 3 is 2.72 bits per heavy atom. The average molecular weight is 260 g/mol. The summed E-state index contributed by atoms with van der Waals surface area (Å²) in [5.74, 6) is 1.78. The van der Waals surface area contributed by atoms with Gasteiger partial charge < -0.3 is 10.2 Å². The molecule has 0 aromatic carbocycles. The number of anilines is 1. The van der Waals surface area contributed by atoms with Crippen molar-refractivity contribution >= 4 is 17.0 Å². The molecule has 0 aliphatic carbocycles. The summed E-state index contributed by atoms with van der Waals surface area (Å²) in [6, 6.07) is 6.10. The second kappa shape index (κ2) is 5.28. The fourth-order valence-electron chi connectivity index (χ4n) is 1.95. The summed E-state index contributed by atoms with van der Waals surface area (Å²) in [5.41, 5.74) is 7.69. The van der Waals surface area contributed by atoms with Crippen LogP contribution in [0.3, 0.4) is 0 Å². The number of nitrogen functional groups attached to an aromatic ring is 1. The van der Waals surface area contributed by atoms with Crippen molar-refractivity contribution in [2.75, 3.05) is 5.73 Å². The zero-order valence-electron chi connectivity index (χ0n) is 10.6. The van der Waals surface area contributed by atoms with Gasteiger partial charge in [0, 0.05) is 6.42 Å². The van der Waals surface area contributed by atoms with Crippen molar-refractivity contribution in [1.82, 2.24) is 0 Å². The average Bonchev–Trinajstić information content (AvgIpc) is 2.96. The number of rotatable bonds is 4. The van der Waals surface area contributed by atoms with E-state index in [-0.39, 0.29) is 0 Å². The van der Waals surface area contributed by atoms with Crippen LogP contribution < -0.4 is 5.73 Å². The molecule has 2 heterocycles. The highest BCUT2D eigenvalue weighted by Crippen LogP contribution is 2.39. The Labute approximate surface area is 111 Å². The van der Waals surface area contributed by atoms with E-state index in [9.17, 15) is 0 Å². The molecule has 2 N–H and O–H groups in total. The van der Waals surface area contributed by atoms with E-state index in [0.717, 1.165) is 41.2 Å². The van der Waals surface area contributed by atoms with E-state index in [4.69, 9.17) is 15.4 Å². The van der Waals surface area contributed by atoms with E-state index >= 15 is 0 Å². The van der Waals surface area contributed by atoms with Gasteiger partial charge in [-0.2, -0.15) is 5.26 Å². The smallest absolute Gasteiger partial charge is 0.144 e. The molecule has 94 valence electrons. The second-order valence-electron chi connectivity index (χ2n) is 4.13. The number of nitriles is 1. The van der Waals surface area contributed by atoms with Gasteiger partial charge in [-0.1, -0.05) is 20.3 Å². The normalized spacial score (nSPS) is 10.5. The van der Waals surface area contributed by atoms with Crippen LogP contribution in [0.2, 0.25) is 0 Å². The van der Waals surface area contributed by atoms with Crippen LogP contribution in [0.25, 0.3) is 10.6 Å². The van der Waals surface area contributed by atoms with Crippen molar-refractivity contribution in [1.29, 1.82) is 5.26 Å². The third-order valence-electron chi connectivity index (χ3n) is 2.88. The van der Waals surface area contributed by atoms with Crippen LogP contribution in [-0.4, -0.2) is 0 Å². The van der Waals surface area contributed by atoms with Gasteiger partial charge in [0.15, 0.2) is 0 Å². The second-order valence-corrected chi connectivity index (χ2v) is 5.15. The topological polar surface area (TPSA) is 63.0 Å². The molecule has 0 spiro atoms. The quantitative estimate of drug-likeness (QED) is 0.904. The third kappa shape index (κ3) is 2.14. The first-order valence-corrected chi connectivity index (χ1v) is 6.93. The lowest BCUT2D eigenvalue weighted by Gasteiger charge is -2.01. The molecule has 0 saturated heterocycles. The Balaban J connectivity index is 2.52. The molecule has 0 amide bonds. The van der Waals surface area contributed by atoms with Gasteiger partial charge in [-0.05, 0) is 24.1 Å². The minimum atomic E-state index is 0.586. The van der Waals surface area contributed by atoms with Crippen LogP contribution in [-0.2, 0) is 12.8 Å². The highest BCUT2D eigenvalue weighted by atomic mass is 32.1. The molecule has 0 atom stereocenters. The van der Waals surface area contributed by atoms with Gasteiger partial charge >= 0.3 is 0 Å². The van der Waals surface area contributed by atoms with E-state index in [2.05, 4.69) is 19.9 Å². The molecule has 3 nitrogen and oxygen atoms in total. The summed E-state index contributed by atoms with van der Waals surface area (Å²) >= 11 is 1.42. The lowest BCUT2D eigenvalue weighted by Crippen LogP contribution is -1.92. The molecule has 2 aromatic heterocycles. The monoisotopic (exact) mass is 260 g/mol. The van der Waals surface area contributed by atoms with Crippen LogP contribution >= 0.6 is 11.3 Å². The van der Waals surface area contributed by atoms with Crippen LogP contribution in [0.15, 0.2) is 16.5 Å². The maximum absolute atomic E-state index is 9.07. The van der Waals surface area contributed by atoms with E-state index < -0.39 is 0 Å². The molecular formula is C14H16N2OS. The van der Waals surface area contributed by atoms with E-state index in [1.807, 2.05) is 12.1 Å². The molecule has 0 aliphatic heterocycles. The molecule has 2 rings (SSSR count). The number of aryl methyl sites for hydroxylation is 1. The standard InChI is InChI=1S/C14H16N2OS/c1-3-5-10-13(16)12(8-15)18-14(10)11-7-6-9(4-2)17-11/h6-7H,3-5,16H2,1-2H3. The summed E-state index contributed by atoms with van der Waals surface area (Å²) in [6.45, 7) is 4.16. The predicted molar refractivity (Wildman–Crippen MR) is 74.5 cm³/mol. The molecule has 18 heavy (non-hydrogen) atoms. The van der Waals surface area contributed by atoms with E-state index in [1.54, 1.807) is 0 Å². The maximum Gasteiger partial charge on any atom is 0.144 e. The summed E-state index contributed by atoms with van der Waals surface area (Å²) in [4.78, 5) is 1.59. The number of thiophene rings is 1. The Bertz CT molecular complexity index is 589. The summed E-state index contributed by atoms with van der Waals surface area (Å²) in [5, 5.41) is 9.07. The predicted octanol–water partition coefficient (Wildman–Crippen LogP) is 3.98. The number of nitrogens with two attached hydrogens (primary N) is 1. The number of hydrogen-bond acceptors (Lipinski definition) is 4. The molecule has 0 radical (unpaired) electrons. The Hall–Kier alpha value is -1.73. The highest BCUT2D eigenvalue weighted by Gasteiger charge is 2.18. The number of hydrogen-bond donors (Lipinski definition) is 1. The van der Waals surface area contributed by atoms with Gasteiger partial charge in [0.2, 0.25) is 0 Å². The van der Waals surface area contributed by atoms with Crippen molar-refractivity contribution in [2.45, 2.75) is 33.1 Å². The van der Waals surface area contributed by atoms with Gasteiger partial charge in [0.05, 0.1) is 10.6 Å². The summed E-state index contributed by atoms with van der Waals surface area (Å²) < 4.78 is 5.76. The van der Waals surface area contributed by atoms with Crippen molar-refractivity contribution in [3.8, 4) is 16.7 Å². The van der Waals surface area contributed by atoms with Crippen LogP contribution in [0.4, 0.5) is 5.69 Å². The number of nitrogens with zero attached hydrogens (tertiary/aromatic N) is 1. The SMILES string of the molecule is CCCc1c(-c2ccc(CC)o2)sc(C#N)c1N. The molecule has 2 aromatic rings. The van der Waals surface area contributed by atoms with Gasteiger partial charge in [0.1, 0.15) is 22.5 Å². The van der Waals surface area contributed by atoms with Crippen molar-refractivity contribution in [3.63, 3.8) is 0 Å². The number of furan rings is 1. The first kappa shape index (κ1) is 12.7. The molecule has 4 heteroatoms. The molecule has 0 saturated carbocycles.